The number of furan rings is 1. The molecule has 0 unspecified atom stereocenters. The summed E-state index contributed by atoms with van der Waals surface area (Å²) in [6, 6.07) is 1.59. The van der Waals surface area contributed by atoms with Gasteiger partial charge < -0.3 is 14.8 Å². The normalized spacial score (nSPS) is 10.3. The van der Waals surface area contributed by atoms with Crippen LogP contribution in [-0.4, -0.2) is 17.0 Å². The van der Waals surface area contributed by atoms with Gasteiger partial charge in [0.25, 0.3) is 5.91 Å². The fraction of sp³-hybridized carbons (Fsp3) is 0.167. The minimum Gasteiger partial charge on any atom is -0.477 e. The number of carboxylic acids is 1. The molecule has 2 N–H and O–H groups in total. The van der Waals surface area contributed by atoms with E-state index in [2.05, 4.69) is 5.32 Å². The van der Waals surface area contributed by atoms with E-state index in [0.29, 0.717) is 17.0 Å². The van der Waals surface area contributed by atoms with Gasteiger partial charge in [-0.05, 0) is 30.9 Å². The largest absolute Gasteiger partial charge is 0.477 e. The molecule has 0 aliphatic heterocycles. The molecule has 0 bridgehead atoms. The number of anilines is 1. The summed E-state index contributed by atoms with van der Waals surface area (Å²) in [5.41, 5.74) is 1.44. The van der Waals surface area contributed by atoms with E-state index in [9.17, 15) is 9.59 Å². The first-order valence-electron chi connectivity index (χ1n) is 5.17. The molecular weight excluding hydrogens is 254 g/mol. The Morgan fingerprint density at radius 2 is 2.11 bits per heavy atom. The Hall–Kier alpha value is -2.08. The van der Waals surface area contributed by atoms with Crippen molar-refractivity contribution in [2.45, 2.75) is 13.8 Å². The molecule has 2 heterocycles. The zero-order valence-corrected chi connectivity index (χ0v) is 10.6. The number of aryl methyl sites for hydroxylation is 2. The number of aromatic carboxylic acids is 1. The van der Waals surface area contributed by atoms with Gasteiger partial charge >= 0.3 is 5.97 Å². The minimum absolute atomic E-state index is 0.126. The third-order valence-corrected chi connectivity index (χ3v) is 3.49. The highest BCUT2D eigenvalue weighted by atomic mass is 32.1. The highest BCUT2D eigenvalue weighted by Crippen LogP contribution is 2.28. The van der Waals surface area contributed by atoms with Crippen LogP contribution >= 0.6 is 11.3 Å². The average Bonchev–Trinajstić information content (AvgIpc) is 2.87. The van der Waals surface area contributed by atoms with Gasteiger partial charge in [-0.15, -0.1) is 11.3 Å². The Kier molecular flexibility index (Phi) is 3.20. The second-order valence-electron chi connectivity index (χ2n) is 3.83. The maximum absolute atomic E-state index is 11.9. The first kappa shape index (κ1) is 12.4. The minimum atomic E-state index is -1.05. The molecule has 18 heavy (non-hydrogen) atoms. The van der Waals surface area contributed by atoms with Crippen molar-refractivity contribution < 1.29 is 19.1 Å². The number of carbonyl (C=O) groups excluding carboxylic acids is 1. The summed E-state index contributed by atoms with van der Waals surface area (Å²) >= 11 is 1.09. The second-order valence-corrected chi connectivity index (χ2v) is 4.71. The van der Waals surface area contributed by atoms with Crippen molar-refractivity contribution in [1.29, 1.82) is 0 Å². The maximum Gasteiger partial charge on any atom is 0.348 e. The molecule has 94 valence electrons. The summed E-state index contributed by atoms with van der Waals surface area (Å²) in [5.74, 6) is -0.803. The number of nitrogens with one attached hydrogen (secondary N) is 1. The molecular formula is C12H11NO4S. The quantitative estimate of drug-likeness (QED) is 0.894. The lowest BCUT2D eigenvalue weighted by atomic mass is 10.2. The number of carboxylic acid groups (broad SMARTS) is 1. The molecule has 0 spiro atoms. The van der Waals surface area contributed by atoms with Crippen molar-refractivity contribution in [1.82, 2.24) is 0 Å². The van der Waals surface area contributed by atoms with Gasteiger partial charge in [0.05, 0.1) is 11.3 Å². The molecule has 0 atom stereocenters. The van der Waals surface area contributed by atoms with E-state index in [0.717, 1.165) is 16.9 Å². The van der Waals surface area contributed by atoms with Gasteiger partial charge in [0, 0.05) is 0 Å². The molecule has 2 rings (SSSR count). The molecule has 2 aromatic rings. The van der Waals surface area contributed by atoms with E-state index in [4.69, 9.17) is 9.52 Å². The van der Waals surface area contributed by atoms with Gasteiger partial charge in [0.1, 0.15) is 16.9 Å². The number of hydrogen-bond donors (Lipinski definition) is 2. The first-order chi connectivity index (χ1) is 8.49. The van der Waals surface area contributed by atoms with Crippen LogP contribution in [0.5, 0.6) is 0 Å². The smallest absolute Gasteiger partial charge is 0.348 e. The topological polar surface area (TPSA) is 79.5 Å². The van der Waals surface area contributed by atoms with Crippen molar-refractivity contribution in [2.75, 3.05) is 5.32 Å². The second kappa shape index (κ2) is 4.66. The van der Waals surface area contributed by atoms with Gasteiger partial charge in [-0.1, -0.05) is 0 Å². The van der Waals surface area contributed by atoms with Gasteiger partial charge in [0.15, 0.2) is 0 Å². The molecule has 6 heteroatoms. The molecule has 0 radical (unpaired) electrons. The van der Waals surface area contributed by atoms with Crippen LogP contribution in [0.2, 0.25) is 0 Å². The predicted octanol–water partition coefficient (Wildman–Crippen LogP) is 2.91. The number of rotatable bonds is 3. The summed E-state index contributed by atoms with van der Waals surface area (Å²) in [6.07, 6.45) is 1.34. The fourth-order valence-electron chi connectivity index (χ4n) is 1.51. The molecule has 0 saturated heterocycles. The third-order valence-electron chi connectivity index (χ3n) is 2.40. The fourth-order valence-corrected chi connectivity index (χ4v) is 2.35. The number of amides is 1. The van der Waals surface area contributed by atoms with Crippen molar-refractivity contribution in [3.8, 4) is 0 Å². The monoisotopic (exact) mass is 265 g/mol. The summed E-state index contributed by atoms with van der Waals surface area (Å²) in [7, 11) is 0. The maximum atomic E-state index is 11.9. The van der Waals surface area contributed by atoms with Crippen molar-refractivity contribution in [2.24, 2.45) is 0 Å². The average molecular weight is 265 g/mol. The van der Waals surface area contributed by atoms with E-state index in [1.165, 1.54) is 6.26 Å². The number of carbonyl (C=O) groups is 2. The Bertz CT molecular complexity index is 611. The molecule has 0 aliphatic rings. The van der Waals surface area contributed by atoms with Crippen molar-refractivity contribution in [3.05, 3.63) is 39.5 Å². The highest BCUT2D eigenvalue weighted by Gasteiger charge is 2.18. The van der Waals surface area contributed by atoms with Gasteiger partial charge in [-0.25, -0.2) is 4.79 Å². The predicted molar refractivity (Wildman–Crippen MR) is 67.4 cm³/mol. The summed E-state index contributed by atoms with van der Waals surface area (Å²) < 4.78 is 5.04. The van der Waals surface area contributed by atoms with Crippen LogP contribution in [0.25, 0.3) is 0 Å². The van der Waals surface area contributed by atoms with Crippen LogP contribution in [-0.2, 0) is 0 Å². The number of thiophene rings is 1. The SMILES string of the molecule is Cc1cc(C(=O)Nc2c(C)csc2C(=O)O)co1. The highest BCUT2D eigenvalue weighted by molar-refractivity contribution is 7.12. The Balaban J connectivity index is 2.27. The van der Waals surface area contributed by atoms with Crippen LogP contribution in [0.1, 0.15) is 31.4 Å². The van der Waals surface area contributed by atoms with E-state index in [1.54, 1.807) is 25.3 Å². The van der Waals surface area contributed by atoms with Crippen LogP contribution < -0.4 is 5.32 Å². The van der Waals surface area contributed by atoms with E-state index < -0.39 is 5.97 Å². The number of hydrogen-bond acceptors (Lipinski definition) is 4. The first-order valence-corrected chi connectivity index (χ1v) is 6.05. The van der Waals surface area contributed by atoms with Crippen LogP contribution in [0.3, 0.4) is 0 Å². The van der Waals surface area contributed by atoms with Crippen LogP contribution in [0.15, 0.2) is 22.1 Å². The zero-order valence-electron chi connectivity index (χ0n) is 9.81. The Morgan fingerprint density at radius 1 is 1.39 bits per heavy atom. The van der Waals surface area contributed by atoms with Gasteiger partial charge in [-0.3, -0.25) is 4.79 Å². The van der Waals surface area contributed by atoms with E-state index >= 15 is 0 Å². The molecule has 0 fully saturated rings. The van der Waals surface area contributed by atoms with Crippen LogP contribution in [0, 0.1) is 13.8 Å². The summed E-state index contributed by atoms with van der Waals surface area (Å²) in [4.78, 5) is 23.0. The lowest BCUT2D eigenvalue weighted by Gasteiger charge is -2.04. The lowest BCUT2D eigenvalue weighted by molar-refractivity contribution is 0.0703. The van der Waals surface area contributed by atoms with Crippen LogP contribution in [0.4, 0.5) is 5.69 Å². The molecule has 0 aliphatic carbocycles. The lowest BCUT2D eigenvalue weighted by Crippen LogP contribution is -2.13. The molecule has 1 amide bonds. The molecule has 0 aromatic carbocycles. The van der Waals surface area contributed by atoms with Gasteiger partial charge in [-0.2, -0.15) is 0 Å². The zero-order chi connectivity index (χ0) is 13.3. The third kappa shape index (κ3) is 2.28. The summed E-state index contributed by atoms with van der Waals surface area (Å²) in [6.45, 7) is 3.48. The van der Waals surface area contributed by atoms with E-state index in [-0.39, 0.29) is 10.8 Å². The standard InChI is InChI=1S/C12H11NO4S/c1-6-5-18-10(12(15)16)9(6)13-11(14)8-3-7(2)17-4-8/h3-5H,1-2H3,(H,13,14)(H,15,16). The summed E-state index contributed by atoms with van der Waals surface area (Å²) in [5, 5.41) is 13.3. The molecule has 0 saturated carbocycles. The van der Waals surface area contributed by atoms with Gasteiger partial charge in [0.2, 0.25) is 0 Å². The Labute approximate surface area is 107 Å². The van der Waals surface area contributed by atoms with Crippen molar-refractivity contribution in [3.63, 3.8) is 0 Å². The Morgan fingerprint density at radius 3 is 2.67 bits per heavy atom. The molecule has 2 aromatic heterocycles. The van der Waals surface area contributed by atoms with Crippen molar-refractivity contribution >= 4 is 28.9 Å². The molecule has 5 nitrogen and oxygen atoms in total. The van der Waals surface area contributed by atoms with E-state index in [1.807, 2.05) is 0 Å².